The second-order valence-electron chi connectivity index (χ2n) is 6.57. The van der Waals surface area contributed by atoms with Gasteiger partial charge in [-0.2, -0.15) is 0 Å². The third kappa shape index (κ3) is 4.95. The Morgan fingerprint density at radius 2 is 2.03 bits per heavy atom. The van der Waals surface area contributed by atoms with Gasteiger partial charge in [-0.1, -0.05) is 6.07 Å². The van der Waals surface area contributed by atoms with Gasteiger partial charge in [0, 0.05) is 42.5 Å². The molecule has 8 heteroatoms. The fourth-order valence-electron chi connectivity index (χ4n) is 3.10. The largest absolute Gasteiger partial charge is 0.350 e. The number of pyridine rings is 1. The molecule has 0 atom stereocenters. The zero-order valence-electron chi connectivity index (χ0n) is 16.6. The molecule has 1 aliphatic rings. The van der Waals surface area contributed by atoms with Crippen LogP contribution in [0, 0.1) is 0 Å². The van der Waals surface area contributed by atoms with Gasteiger partial charge in [0.25, 0.3) is 5.91 Å². The van der Waals surface area contributed by atoms with Crippen LogP contribution in [-0.2, 0) is 16.1 Å². The highest BCUT2D eigenvalue weighted by atomic mass is 32.2. The number of fused-ring (bicyclic) bond motifs is 1. The minimum Gasteiger partial charge on any atom is -0.350 e. The molecule has 2 aromatic rings. The smallest absolute Gasteiger partial charge is 0.253 e. The molecular weight excluding hydrogens is 388 g/mol. The zero-order valence-corrected chi connectivity index (χ0v) is 17.4. The van der Waals surface area contributed by atoms with Crippen molar-refractivity contribution in [2.75, 3.05) is 30.3 Å². The number of nitrogens with one attached hydrogen (secondary N) is 1. The summed E-state index contributed by atoms with van der Waals surface area (Å²) in [6, 6.07) is 9.02. The van der Waals surface area contributed by atoms with Crippen molar-refractivity contribution in [2.24, 2.45) is 0 Å². The van der Waals surface area contributed by atoms with E-state index in [2.05, 4.69) is 10.3 Å². The van der Waals surface area contributed by atoms with E-state index in [9.17, 15) is 14.4 Å². The second-order valence-corrected chi connectivity index (χ2v) is 7.58. The van der Waals surface area contributed by atoms with Crippen LogP contribution in [0.1, 0.15) is 29.8 Å². The SMILES string of the molecule is CCN(CC)C(=O)c1ccc2c(c1)N(CC(=O)NCc1cccnc1)C(=O)CS2. The van der Waals surface area contributed by atoms with Crippen molar-refractivity contribution in [2.45, 2.75) is 25.3 Å². The van der Waals surface area contributed by atoms with Crippen LogP contribution in [0.4, 0.5) is 5.69 Å². The molecule has 3 rings (SSSR count). The van der Waals surface area contributed by atoms with E-state index < -0.39 is 0 Å². The van der Waals surface area contributed by atoms with Crippen LogP contribution in [0.15, 0.2) is 47.6 Å². The van der Waals surface area contributed by atoms with Gasteiger partial charge in [0.05, 0.1) is 11.4 Å². The van der Waals surface area contributed by atoms with Gasteiger partial charge in [0.15, 0.2) is 0 Å². The number of nitrogens with zero attached hydrogens (tertiary/aromatic N) is 3. The highest BCUT2D eigenvalue weighted by Gasteiger charge is 2.28. The van der Waals surface area contributed by atoms with Gasteiger partial charge in [-0.3, -0.25) is 19.4 Å². The molecule has 0 aliphatic carbocycles. The summed E-state index contributed by atoms with van der Waals surface area (Å²) in [5.41, 5.74) is 2.01. The molecule has 1 aromatic carbocycles. The van der Waals surface area contributed by atoms with Crippen LogP contribution in [0.25, 0.3) is 0 Å². The third-order valence-corrected chi connectivity index (χ3v) is 5.76. The lowest BCUT2D eigenvalue weighted by Gasteiger charge is -2.29. The fourth-order valence-corrected chi connectivity index (χ4v) is 4.02. The summed E-state index contributed by atoms with van der Waals surface area (Å²) in [5.74, 6) is -0.222. The van der Waals surface area contributed by atoms with Gasteiger partial charge in [-0.15, -0.1) is 11.8 Å². The van der Waals surface area contributed by atoms with Crippen molar-refractivity contribution in [3.05, 3.63) is 53.9 Å². The molecule has 1 aliphatic heterocycles. The van der Waals surface area contributed by atoms with Crippen molar-refractivity contribution in [1.29, 1.82) is 0 Å². The average Bonchev–Trinajstić information content (AvgIpc) is 2.75. The molecule has 29 heavy (non-hydrogen) atoms. The fraction of sp³-hybridized carbons (Fsp3) is 0.333. The minimum absolute atomic E-state index is 0.0817. The lowest BCUT2D eigenvalue weighted by molar-refractivity contribution is -0.123. The number of hydrogen-bond acceptors (Lipinski definition) is 5. The quantitative estimate of drug-likeness (QED) is 0.755. The van der Waals surface area contributed by atoms with E-state index in [4.69, 9.17) is 0 Å². The number of hydrogen-bond donors (Lipinski definition) is 1. The molecule has 0 bridgehead atoms. The summed E-state index contributed by atoms with van der Waals surface area (Å²) in [6.07, 6.45) is 3.35. The molecule has 7 nitrogen and oxygen atoms in total. The normalized spacial score (nSPS) is 13.0. The van der Waals surface area contributed by atoms with Crippen molar-refractivity contribution >= 4 is 35.2 Å². The predicted molar refractivity (Wildman–Crippen MR) is 113 cm³/mol. The zero-order chi connectivity index (χ0) is 20.8. The molecule has 0 fully saturated rings. The topological polar surface area (TPSA) is 82.6 Å². The molecule has 0 unspecified atom stereocenters. The number of carbonyl (C=O) groups is 3. The van der Waals surface area contributed by atoms with E-state index in [1.807, 2.05) is 26.0 Å². The molecular formula is C21H24N4O3S. The Morgan fingerprint density at radius 3 is 2.72 bits per heavy atom. The van der Waals surface area contributed by atoms with Gasteiger partial charge in [0.1, 0.15) is 6.54 Å². The molecule has 0 saturated carbocycles. The molecule has 2 heterocycles. The van der Waals surface area contributed by atoms with E-state index in [0.717, 1.165) is 10.5 Å². The molecule has 1 aromatic heterocycles. The summed E-state index contributed by atoms with van der Waals surface area (Å²) in [6.45, 7) is 5.34. The number of carbonyl (C=O) groups excluding carboxylic acids is 3. The summed E-state index contributed by atoms with van der Waals surface area (Å²) in [7, 11) is 0. The Hall–Kier alpha value is -2.87. The van der Waals surface area contributed by atoms with Gasteiger partial charge in [-0.25, -0.2) is 0 Å². The Kier molecular flexibility index (Phi) is 6.87. The maximum atomic E-state index is 12.7. The number of rotatable bonds is 7. The average molecular weight is 413 g/mol. The first kappa shape index (κ1) is 20.9. The van der Waals surface area contributed by atoms with E-state index in [1.165, 1.54) is 16.7 Å². The first-order valence-corrected chi connectivity index (χ1v) is 10.5. The van der Waals surface area contributed by atoms with E-state index in [1.54, 1.807) is 35.5 Å². The van der Waals surface area contributed by atoms with Gasteiger partial charge >= 0.3 is 0 Å². The van der Waals surface area contributed by atoms with Crippen LogP contribution >= 0.6 is 11.8 Å². The van der Waals surface area contributed by atoms with Crippen molar-refractivity contribution in [3.8, 4) is 0 Å². The number of thioether (sulfide) groups is 1. The van der Waals surface area contributed by atoms with Gasteiger partial charge < -0.3 is 15.1 Å². The van der Waals surface area contributed by atoms with Gasteiger partial charge in [-0.05, 0) is 43.7 Å². The van der Waals surface area contributed by atoms with E-state index in [0.29, 0.717) is 30.9 Å². The minimum atomic E-state index is -0.263. The first-order valence-electron chi connectivity index (χ1n) is 9.55. The highest BCUT2D eigenvalue weighted by molar-refractivity contribution is 8.00. The van der Waals surface area contributed by atoms with Crippen molar-refractivity contribution in [3.63, 3.8) is 0 Å². The molecule has 3 amide bonds. The summed E-state index contributed by atoms with van der Waals surface area (Å²) < 4.78 is 0. The van der Waals surface area contributed by atoms with Crippen LogP contribution in [0.5, 0.6) is 0 Å². The number of amides is 3. The van der Waals surface area contributed by atoms with Crippen LogP contribution in [0.2, 0.25) is 0 Å². The van der Waals surface area contributed by atoms with E-state index >= 15 is 0 Å². The maximum absolute atomic E-state index is 12.7. The summed E-state index contributed by atoms with van der Waals surface area (Å²) in [4.78, 5) is 45.8. The molecule has 0 radical (unpaired) electrons. The summed E-state index contributed by atoms with van der Waals surface area (Å²) in [5, 5.41) is 2.82. The van der Waals surface area contributed by atoms with E-state index in [-0.39, 0.29) is 30.0 Å². The predicted octanol–water partition coefficient (Wildman–Crippen LogP) is 2.32. The van der Waals surface area contributed by atoms with Crippen LogP contribution < -0.4 is 10.2 Å². The third-order valence-electron chi connectivity index (χ3n) is 4.71. The molecule has 0 saturated heterocycles. The highest BCUT2D eigenvalue weighted by Crippen LogP contribution is 2.36. The summed E-state index contributed by atoms with van der Waals surface area (Å²) >= 11 is 1.42. The first-order chi connectivity index (χ1) is 14.0. The Bertz CT molecular complexity index is 900. The van der Waals surface area contributed by atoms with Crippen molar-refractivity contribution in [1.82, 2.24) is 15.2 Å². The maximum Gasteiger partial charge on any atom is 0.253 e. The van der Waals surface area contributed by atoms with Gasteiger partial charge in [0.2, 0.25) is 11.8 Å². The lowest BCUT2D eigenvalue weighted by Crippen LogP contribution is -2.43. The Labute approximate surface area is 174 Å². The lowest BCUT2D eigenvalue weighted by atomic mass is 10.1. The monoisotopic (exact) mass is 412 g/mol. The molecule has 152 valence electrons. The Balaban J connectivity index is 1.76. The van der Waals surface area contributed by atoms with Crippen molar-refractivity contribution < 1.29 is 14.4 Å². The van der Waals surface area contributed by atoms with Crippen LogP contribution in [0.3, 0.4) is 0 Å². The van der Waals surface area contributed by atoms with Crippen LogP contribution in [-0.4, -0.2) is 53.0 Å². The molecule has 0 spiro atoms. The number of anilines is 1. The Morgan fingerprint density at radius 1 is 1.24 bits per heavy atom. The number of aromatic nitrogens is 1. The molecule has 1 N–H and O–H groups in total. The number of benzene rings is 1. The second kappa shape index (κ2) is 9.56. The standard InChI is InChI=1S/C21H24N4O3S/c1-3-24(4-2)21(28)16-7-8-18-17(10-16)25(20(27)14-29-18)13-19(26)23-12-15-6-5-9-22-11-15/h5-11H,3-4,12-14H2,1-2H3,(H,23,26).